The number of amides is 2. The fourth-order valence-electron chi connectivity index (χ4n) is 6.67. The van der Waals surface area contributed by atoms with Crippen LogP contribution in [0.15, 0.2) is 76.6 Å². The number of benzene rings is 2. The molecule has 5 nitrogen and oxygen atoms in total. The van der Waals surface area contributed by atoms with Gasteiger partial charge < -0.3 is 14.7 Å². The lowest BCUT2D eigenvalue weighted by molar-refractivity contribution is -0.139. The molecule has 1 spiro atoms. The minimum Gasteiger partial charge on any atom is -0.338 e. The second-order valence-corrected chi connectivity index (χ2v) is 13.0. The molecule has 0 radical (unpaired) electrons. The molecule has 6 rings (SSSR count). The molecule has 2 aromatic carbocycles. The highest BCUT2D eigenvalue weighted by Crippen LogP contribution is 2.43. The van der Waals surface area contributed by atoms with Crippen molar-refractivity contribution in [2.75, 3.05) is 39.3 Å². The van der Waals surface area contributed by atoms with Crippen LogP contribution in [0, 0.1) is 11.3 Å². The predicted molar refractivity (Wildman–Crippen MR) is 162 cm³/mol. The van der Waals surface area contributed by atoms with Gasteiger partial charge in [-0.2, -0.15) is 0 Å². The summed E-state index contributed by atoms with van der Waals surface area (Å²) in [6, 6.07) is 22.9. The molecular weight excluding hydrogens is 594 g/mol. The molecule has 206 valence electrons. The zero-order valence-corrected chi connectivity index (χ0v) is 25.2. The van der Waals surface area contributed by atoms with E-state index in [4.69, 9.17) is 0 Å². The average molecular weight is 629 g/mol. The number of piperidine rings is 1. The van der Waals surface area contributed by atoms with Crippen molar-refractivity contribution >= 4 is 51.5 Å². The number of thiophene rings is 1. The van der Waals surface area contributed by atoms with Gasteiger partial charge in [0.2, 0.25) is 5.91 Å². The van der Waals surface area contributed by atoms with E-state index in [2.05, 4.69) is 73.1 Å². The Hall–Kier alpha value is -2.19. The number of rotatable bonds is 6. The molecule has 3 aliphatic heterocycles. The molecule has 2 atom stereocenters. The minimum atomic E-state index is -0.193. The lowest BCUT2D eigenvalue weighted by atomic mass is 9.76. The first-order valence-electron chi connectivity index (χ1n) is 13.6. The first-order chi connectivity index (χ1) is 18.5. The van der Waals surface area contributed by atoms with Gasteiger partial charge in [0.25, 0.3) is 5.91 Å². The molecule has 2 amide bonds. The highest BCUT2D eigenvalue weighted by molar-refractivity contribution is 9.10. The molecule has 39 heavy (non-hydrogen) atoms. The Morgan fingerprint density at radius 1 is 0.923 bits per heavy atom. The van der Waals surface area contributed by atoms with Crippen molar-refractivity contribution in [2.45, 2.75) is 31.7 Å². The molecular formula is C31H35BrClN3O2S. The molecule has 8 heteroatoms. The van der Waals surface area contributed by atoms with Crippen molar-refractivity contribution in [3.8, 4) is 0 Å². The molecule has 0 saturated carbocycles. The average Bonchev–Trinajstić information content (AvgIpc) is 3.69. The van der Waals surface area contributed by atoms with Gasteiger partial charge >= 0.3 is 0 Å². The summed E-state index contributed by atoms with van der Waals surface area (Å²) >= 11 is 5.02. The van der Waals surface area contributed by atoms with E-state index in [1.165, 1.54) is 22.5 Å². The van der Waals surface area contributed by atoms with Crippen molar-refractivity contribution < 1.29 is 9.59 Å². The Balaban J connectivity index is 0.00000308. The van der Waals surface area contributed by atoms with Crippen LogP contribution in [0.2, 0.25) is 0 Å². The standard InChI is InChI=1S/C31H34BrN3O2S.ClH/c32-26-10-8-23(9-11-26)19-34-17-14-31(30(34)37)12-15-33(16-13-31)20-25-21-35(29(36)28-7-4-18-38-28)22-27(25)24-5-2-1-3-6-24;/h1-11,18,25,27H,12-17,19-22H2;1H. The molecule has 0 bridgehead atoms. The van der Waals surface area contributed by atoms with Crippen LogP contribution in [0.4, 0.5) is 0 Å². The van der Waals surface area contributed by atoms with Crippen LogP contribution < -0.4 is 0 Å². The van der Waals surface area contributed by atoms with Gasteiger partial charge in [-0.15, -0.1) is 23.7 Å². The number of likely N-dealkylation sites (tertiary alicyclic amines) is 3. The van der Waals surface area contributed by atoms with Crippen LogP contribution in [-0.2, 0) is 11.3 Å². The van der Waals surface area contributed by atoms with E-state index in [1.54, 1.807) is 0 Å². The van der Waals surface area contributed by atoms with E-state index >= 15 is 0 Å². The Morgan fingerprint density at radius 3 is 2.33 bits per heavy atom. The third kappa shape index (κ3) is 5.97. The molecule has 3 aliphatic rings. The monoisotopic (exact) mass is 627 g/mol. The van der Waals surface area contributed by atoms with Gasteiger partial charge in [0, 0.05) is 43.1 Å². The number of hydrogen-bond acceptors (Lipinski definition) is 4. The van der Waals surface area contributed by atoms with Gasteiger partial charge in [-0.1, -0.05) is 64.5 Å². The van der Waals surface area contributed by atoms with E-state index in [9.17, 15) is 9.59 Å². The number of carbonyl (C=O) groups excluding carboxylic acids is 2. The predicted octanol–water partition coefficient (Wildman–Crippen LogP) is 6.30. The van der Waals surface area contributed by atoms with E-state index in [0.717, 1.165) is 67.9 Å². The van der Waals surface area contributed by atoms with Crippen LogP contribution in [0.3, 0.4) is 0 Å². The van der Waals surface area contributed by atoms with Crippen molar-refractivity contribution in [1.82, 2.24) is 14.7 Å². The van der Waals surface area contributed by atoms with Crippen molar-refractivity contribution in [3.63, 3.8) is 0 Å². The lowest BCUT2D eigenvalue weighted by Crippen LogP contribution is -2.46. The van der Waals surface area contributed by atoms with E-state index in [0.29, 0.717) is 24.3 Å². The molecule has 4 heterocycles. The van der Waals surface area contributed by atoms with Gasteiger partial charge in [-0.25, -0.2) is 0 Å². The van der Waals surface area contributed by atoms with Crippen molar-refractivity contribution in [2.24, 2.45) is 11.3 Å². The maximum atomic E-state index is 13.5. The summed E-state index contributed by atoms with van der Waals surface area (Å²) in [6.07, 6.45) is 2.84. The Bertz CT molecular complexity index is 1260. The highest BCUT2D eigenvalue weighted by atomic mass is 79.9. The molecule has 0 aliphatic carbocycles. The van der Waals surface area contributed by atoms with Crippen LogP contribution >= 0.6 is 39.7 Å². The quantitative estimate of drug-likeness (QED) is 0.322. The summed E-state index contributed by atoms with van der Waals surface area (Å²) in [5.41, 5.74) is 2.31. The number of hydrogen-bond donors (Lipinski definition) is 0. The SMILES string of the molecule is Cl.O=C(c1cccs1)N1CC(CN2CCC3(CC2)CCN(Cc2ccc(Br)cc2)C3=O)C(c2ccccc2)C1. The second-order valence-electron chi connectivity index (χ2n) is 11.1. The third-order valence-corrected chi connectivity index (χ3v) is 10.3. The van der Waals surface area contributed by atoms with E-state index in [1.807, 2.05) is 29.6 Å². The summed E-state index contributed by atoms with van der Waals surface area (Å²) in [6.45, 7) is 5.99. The maximum absolute atomic E-state index is 13.5. The van der Waals surface area contributed by atoms with Crippen LogP contribution in [-0.4, -0.2) is 65.8 Å². The fraction of sp³-hybridized carbons (Fsp3) is 0.419. The first-order valence-corrected chi connectivity index (χ1v) is 15.3. The van der Waals surface area contributed by atoms with Gasteiger partial charge in [0.15, 0.2) is 0 Å². The van der Waals surface area contributed by atoms with Crippen molar-refractivity contribution in [1.29, 1.82) is 0 Å². The molecule has 3 aromatic rings. The smallest absolute Gasteiger partial charge is 0.263 e. The summed E-state index contributed by atoms with van der Waals surface area (Å²) in [7, 11) is 0. The fourth-order valence-corrected chi connectivity index (χ4v) is 7.62. The molecule has 3 saturated heterocycles. The topological polar surface area (TPSA) is 43.9 Å². The Morgan fingerprint density at radius 2 is 1.64 bits per heavy atom. The number of nitrogens with zero attached hydrogens (tertiary/aromatic N) is 3. The summed E-state index contributed by atoms with van der Waals surface area (Å²) < 4.78 is 1.06. The van der Waals surface area contributed by atoms with E-state index < -0.39 is 0 Å². The summed E-state index contributed by atoms with van der Waals surface area (Å²) in [5, 5.41) is 1.98. The highest BCUT2D eigenvalue weighted by Gasteiger charge is 2.48. The van der Waals surface area contributed by atoms with Crippen LogP contribution in [0.5, 0.6) is 0 Å². The zero-order valence-electron chi connectivity index (χ0n) is 22.0. The van der Waals surface area contributed by atoms with Gasteiger partial charge in [0.1, 0.15) is 0 Å². The molecule has 2 unspecified atom stereocenters. The Labute approximate surface area is 249 Å². The molecule has 3 fully saturated rings. The third-order valence-electron chi connectivity index (χ3n) is 8.88. The maximum Gasteiger partial charge on any atom is 0.263 e. The zero-order chi connectivity index (χ0) is 26.1. The Kier molecular flexibility index (Phi) is 8.82. The van der Waals surface area contributed by atoms with Gasteiger partial charge in [-0.3, -0.25) is 9.59 Å². The minimum absolute atomic E-state index is 0. The first kappa shape index (κ1) is 28.3. The summed E-state index contributed by atoms with van der Waals surface area (Å²) in [5.74, 6) is 1.23. The van der Waals surface area contributed by atoms with E-state index in [-0.39, 0.29) is 23.7 Å². The normalized spacial score (nSPS) is 22.8. The lowest BCUT2D eigenvalue weighted by Gasteiger charge is -2.39. The largest absolute Gasteiger partial charge is 0.338 e. The van der Waals surface area contributed by atoms with Gasteiger partial charge in [0.05, 0.1) is 10.3 Å². The second kappa shape index (κ2) is 12.1. The van der Waals surface area contributed by atoms with Gasteiger partial charge in [-0.05, 0) is 73.0 Å². The molecule has 1 aromatic heterocycles. The summed E-state index contributed by atoms with van der Waals surface area (Å²) in [4.78, 5) is 34.2. The number of carbonyl (C=O) groups is 2. The van der Waals surface area contributed by atoms with Crippen molar-refractivity contribution in [3.05, 3.63) is 92.6 Å². The van der Waals surface area contributed by atoms with Crippen LogP contribution in [0.25, 0.3) is 0 Å². The number of halogens is 2. The van der Waals surface area contributed by atoms with Crippen LogP contribution in [0.1, 0.15) is 46.0 Å². The molecule has 0 N–H and O–H groups in total.